The monoisotopic (exact) mass is 465 g/mol. The van der Waals surface area contributed by atoms with Crippen LogP contribution < -0.4 is 14.8 Å². The van der Waals surface area contributed by atoms with Crippen LogP contribution in [0.25, 0.3) is 0 Å². The number of amides is 3. The molecule has 3 amide bonds. The number of hydrogen-bond donors (Lipinski definition) is 1. The zero-order valence-electron chi connectivity index (χ0n) is 20.9. The van der Waals surface area contributed by atoms with Crippen molar-refractivity contribution < 1.29 is 19.1 Å². The van der Waals surface area contributed by atoms with E-state index >= 15 is 0 Å². The van der Waals surface area contributed by atoms with Gasteiger partial charge in [-0.2, -0.15) is 0 Å². The maximum Gasteiger partial charge on any atom is 0.321 e. The normalized spacial score (nSPS) is 17.1. The summed E-state index contributed by atoms with van der Waals surface area (Å²) in [7, 11) is 3.16. The summed E-state index contributed by atoms with van der Waals surface area (Å²) >= 11 is 0. The number of anilines is 1. The maximum absolute atomic E-state index is 13.2. The number of aryl methyl sites for hydroxylation is 3. The lowest BCUT2D eigenvalue weighted by molar-refractivity contribution is 0.0591. The lowest BCUT2D eigenvalue weighted by Crippen LogP contribution is -2.45. The molecule has 7 heteroatoms. The van der Waals surface area contributed by atoms with Gasteiger partial charge >= 0.3 is 6.03 Å². The molecule has 182 valence electrons. The fourth-order valence-corrected chi connectivity index (χ4v) is 5.14. The number of methoxy groups -OCH3 is 2. The molecule has 7 nitrogen and oxygen atoms in total. The minimum atomic E-state index is -0.0390. The summed E-state index contributed by atoms with van der Waals surface area (Å²) in [5.74, 6) is 1.15. The first-order valence-electron chi connectivity index (χ1n) is 11.9. The lowest BCUT2D eigenvalue weighted by atomic mass is 9.77. The van der Waals surface area contributed by atoms with Crippen LogP contribution in [0.2, 0.25) is 0 Å². The van der Waals surface area contributed by atoms with Crippen LogP contribution in [0.4, 0.5) is 10.5 Å². The van der Waals surface area contributed by atoms with Gasteiger partial charge in [0.25, 0.3) is 5.91 Å². The Morgan fingerprint density at radius 3 is 2.15 bits per heavy atom. The third kappa shape index (κ3) is 4.69. The molecule has 2 aromatic carbocycles. The van der Waals surface area contributed by atoms with Gasteiger partial charge in [-0.1, -0.05) is 6.07 Å². The van der Waals surface area contributed by atoms with Crippen LogP contribution in [-0.4, -0.2) is 62.1 Å². The topological polar surface area (TPSA) is 71.1 Å². The van der Waals surface area contributed by atoms with Gasteiger partial charge in [0, 0.05) is 31.9 Å². The zero-order chi connectivity index (χ0) is 24.5. The molecule has 2 aliphatic heterocycles. The predicted octanol–water partition coefficient (Wildman–Crippen LogP) is 4.79. The molecule has 2 saturated heterocycles. The van der Waals surface area contributed by atoms with E-state index in [9.17, 15) is 9.59 Å². The summed E-state index contributed by atoms with van der Waals surface area (Å²) < 4.78 is 10.7. The number of ether oxygens (including phenoxy) is 2. The number of piperidine rings is 1. The van der Waals surface area contributed by atoms with E-state index in [0.29, 0.717) is 30.2 Å². The number of carbonyl (C=O) groups is 2. The highest BCUT2D eigenvalue weighted by Gasteiger charge is 2.43. The van der Waals surface area contributed by atoms with Crippen LogP contribution in [-0.2, 0) is 0 Å². The van der Waals surface area contributed by atoms with Gasteiger partial charge in [0.1, 0.15) is 11.5 Å². The largest absolute Gasteiger partial charge is 0.497 e. The minimum Gasteiger partial charge on any atom is -0.497 e. The second-order valence-corrected chi connectivity index (χ2v) is 9.71. The highest BCUT2D eigenvalue weighted by Crippen LogP contribution is 2.41. The van der Waals surface area contributed by atoms with Crippen molar-refractivity contribution in [3.05, 3.63) is 52.6 Å². The van der Waals surface area contributed by atoms with Gasteiger partial charge in [0.15, 0.2) is 0 Å². The van der Waals surface area contributed by atoms with Gasteiger partial charge in [-0.15, -0.1) is 0 Å². The first kappa shape index (κ1) is 23.9. The van der Waals surface area contributed by atoms with Crippen molar-refractivity contribution in [3.8, 4) is 11.5 Å². The number of benzene rings is 2. The second-order valence-electron chi connectivity index (χ2n) is 9.71. The lowest BCUT2D eigenvalue weighted by Gasteiger charge is -2.39. The number of urea groups is 1. The highest BCUT2D eigenvalue weighted by atomic mass is 16.5. The van der Waals surface area contributed by atoms with E-state index in [-0.39, 0.29) is 17.4 Å². The van der Waals surface area contributed by atoms with Gasteiger partial charge in [-0.25, -0.2) is 4.79 Å². The molecule has 2 heterocycles. The van der Waals surface area contributed by atoms with Crippen LogP contribution in [0.15, 0.2) is 30.3 Å². The van der Waals surface area contributed by atoms with Crippen molar-refractivity contribution in [2.24, 2.45) is 5.41 Å². The van der Waals surface area contributed by atoms with Gasteiger partial charge in [-0.05, 0) is 86.4 Å². The molecule has 0 bridgehead atoms. The van der Waals surface area contributed by atoms with E-state index in [1.54, 1.807) is 32.4 Å². The maximum atomic E-state index is 13.2. The van der Waals surface area contributed by atoms with E-state index in [4.69, 9.17) is 9.47 Å². The Balaban J connectivity index is 1.38. The van der Waals surface area contributed by atoms with E-state index in [1.165, 1.54) is 11.1 Å². The number of nitrogens with zero attached hydrogens (tertiary/aromatic N) is 2. The molecule has 0 aromatic heterocycles. The fourth-order valence-electron chi connectivity index (χ4n) is 5.14. The van der Waals surface area contributed by atoms with Gasteiger partial charge < -0.3 is 24.6 Å². The summed E-state index contributed by atoms with van der Waals surface area (Å²) in [4.78, 5) is 30.0. The van der Waals surface area contributed by atoms with Gasteiger partial charge in [-0.3, -0.25) is 4.79 Å². The van der Waals surface area contributed by atoms with Crippen LogP contribution in [0.5, 0.6) is 11.5 Å². The molecule has 34 heavy (non-hydrogen) atoms. The number of likely N-dealkylation sites (tertiary alicyclic amines) is 2. The molecule has 0 atom stereocenters. The molecular weight excluding hydrogens is 430 g/mol. The first-order valence-corrected chi connectivity index (χ1v) is 11.9. The first-order chi connectivity index (χ1) is 16.2. The van der Waals surface area contributed by atoms with E-state index in [0.717, 1.165) is 43.6 Å². The smallest absolute Gasteiger partial charge is 0.321 e. The third-order valence-electron chi connectivity index (χ3n) is 7.56. The Morgan fingerprint density at radius 2 is 1.50 bits per heavy atom. The van der Waals surface area contributed by atoms with E-state index < -0.39 is 0 Å². The van der Waals surface area contributed by atoms with Crippen molar-refractivity contribution in [1.82, 2.24) is 9.80 Å². The molecular formula is C27H35N3O4. The number of rotatable bonds is 4. The minimum absolute atomic E-state index is 0.0385. The van der Waals surface area contributed by atoms with Crippen LogP contribution in [0.3, 0.4) is 0 Å². The molecule has 1 spiro atoms. The fraction of sp³-hybridized carbons (Fsp3) is 0.481. The van der Waals surface area contributed by atoms with Crippen molar-refractivity contribution in [2.45, 2.75) is 40.0 Å². The summed E-state index contributed by atoms with van der Waals surface area (Å²) in [5, 5.41) is 3.11. The Morgan fingerprint density at radius 1 is 0.853 bits per heavy atom. The zero-order valence-corrected chi connectivity index (χ0v) is 20.9. The Kier molecular flexibility index (Phi) is 6.73. The summed E-state index contributed by atoms with van der Waals surface area (Å²) in [5.41, 5.74) is 4.94. The second kappa shape index (κ2) is 9.57. The van der Waals surface area contributed by atoms with Crippen molar-refractivity contribution in [3.63, 3.8) is 0 Å². The number of carbonyl (C=O) groups excluding carboxylic acids is 2. The number of nitrogens with one attached hydrogen (secondary N) is 1. The van der Waals surface area contributed by atoms with Crippen LogP contribution in [0, 0.1) is 26.2 Å². The van der Waals surface area contributed by atoms with Crippen molar-refractivity contribution in [1.29, 1.82) is 0 Å². The Labute approximate surface area is 202 Å². The SMILES string of the molecule is COc1ccc(OC)c(C(=O)N2CCC3(CCN(C(=O)Nc4cc(C)c(C)cc4C)C3)CC2)c1. The summed E-state index contributed by atoms with van der Waals surface area (Å²) in [6, 6.07) is 9.41. The summed E-state index contributed by atoms with van der Waals surface area (Å²) in [6.07, 6.45) is 2.74. The highest BCUT2D eigenvalue weighted by molar-refractivity contribution is 5.97. The van der Waals surface area contributed by atoms with Gasteiger partial charge in [0.05, 0.1) is 19.8 Å². The number of hydrogen-bond acceptors (Lipinski definition) is 4. The average molecular weight is 466 g/mol. The standard InChI is InChI=1S/C27H35N3O4/c1-18-14-20(3)23(15-19(18)2)28-26(32)30-13-10-27(17-30)8-11-29(12-9-27)25(31)22-16-21(33-4)6-7-24(22)34-5/h6-7,14-16H,8-13,17H2,1-5H3,(H,28,32). The molecule has 2 aliphatic rings. The van der Waals surface area contributed by atoms with E-state index in [1.807, 2.05) is 22.8 Å². The molecule has 0 saturated carbocycles. The quantitative estimate of drug-likeness (QED) is 0.705. The van der Waals surface area contributed by atoms with Crippen LogP contribution in [0.1, 0.15) is 46.3 Å². The Hall–Kier alpha value is -3.22. The molecule has 4 rings (SSSR count). The van der Waals surface area contributed by atoms with Crippen molar-refractivity contribution >= 4 is 17.6 Å². The summed E-state index contributed by atoms with van der Waals surface area (Å²) in [6.45, 7) is 8.99. The molecule has 1 N–H and O–H groups in total. The molecule has 2 fully saturated rings. The van der Waals surface area contributed by atoms with Crippen molar-refractivity contribution in [2.75, 3.05) is 45.7 Å². The molecule has 0 radical (unpaired) electrons. The van der Waals surface area contributed by atoms with Crippen LogP contribution >= 0.6 is 0 Å². The molecule has 0 unspecified atom stereocenters. The van der Waals surface area contributed by atoms with E-state index in [2.05, 4.69) is 25.2 Å². The predicted molar refractivity (Wildman–Crippen MR) is 133 cm³/mol. The molecule has 2 aromatic rings. The Bertz CT molecular complexity index is 1090. The third-order valence-corrected chi connectivity index (χ3v) is 7.56. The average Bonchev–Trinajstić information content (AvgIpc) is 3.25. The van der Waals surface area contributed by atoms with Gasteiger partial charge in [0.2, 0.25) is 0 Å². The molecule has 0 aliphatic carbocycles.